The third-order valence-corrected chi connectivity index (χ3v) is 4.28. The zero-order chi connectivity index (χ0) is 14.9. The first-order valence-electron chi connectivity index (χ1n) is 7.48. The maximum Gasteiger partial charge on any atom is 0.142 e. The van der Waals surface area contributed by atoms with E-state index in [0.29, 0.717) is 0 Å². The molecular formula is C20H22ClN. The molecule has 0 atom stereocenters. The Kier molecular flexibility index (Phi) is 4.90. The summed E-state index contributed by atoms with van der Waals surface area (Å²) in [5.41, 5.74) is 6.55. The minimum Gasteiger partial charge on any atom is -1.00 e. The van der Waals surface area contributed by atoms with Crippen LogP contribution in [0.1, 0.15) is 18.1 Å². The fraction of sp³-hybridized carbons (Fsp3) is 0.200. The van der Waals surface area contributed by atoms with Crippen molar-refractivity contribution in [1.29, 1.82) is 0 Å². The topological polar surface area (TPSA) is 0 Å². The van der Waals surface area contributed by atoms with Crippen LogP contribution in [0.2, 0.25) is 0 Å². The Morgan fingerprint density at radius 1 is 0.727 bits per heavy atom. The van der Waals surface area contributed by atoms with E-state index in [1.165, 1.54) is 28.1 Å². The molecule has 22 heavy (non-hydrogen) atoms. The minimum atomic E-state index is 0. The SMILES string of the molecule is CC1=CC[N+](c2ccc(C)cc2)(c2ccc(C)cc2)C=C1.[Cl-]. The first kappa shape index (κ1) is 16.5. The van der Waals surface area contributed by atoms with E-state index in [1.807, 2.05) is 0 Å². The van der Waals surface area contributed by atoms with E-state index >= 15 is 0 Å². The summed E-state index contributed by atoms with van der Waals surface area (Å²) in [5, 5.41) is 0. The van der Waals surface area contributed by atoms with Crippen LogP contribution in [-0.4, -0.2) is 6.54 Å². The molecule has 1 nitrogen and oxygen atoms in total. The summed E-state index contributed by atoms with van der Waals surface area (Å²) in [6.45, 7) is 7.40. The second kappa shape index (κ2) is 6.51. The Balaban J connectivity index is 0.00000176. The Morgan fingerprint density at radius 3 is 1.55 bits per heavy atom. The molecule has 0 N–H and O–H groups in total. The van der Waals surface area contributed by atoms with Crippen LogP contribution < -0.4 is 16.9 Å². The van der Waals surface area contributed by atoms with Gasteiger partial charge in [-0.15, -0.1) is 0 Å². The summed E-state index contributed by atoms with van der Waals surface area (Å²) in [6.07, 6.45) is 6.85. The first-order chi connectivity index (χ1) is 10.1. The van der Waals surface area contributed by atoms with Gasteiger partial charge < -0.3 is 12.4 Å². The molecule has 1 aliphatic rings. The van der Waals surface area contributed by atoms with E-state index in [0.717, 1.165) is 11.0 Å². The van der Waals surface area contributed by atoms with Crippen molar-refractivity contribution in [3.05, 3.63) is 83.6 Å². The van der Waals surface area contributed by atoms with Gasteiger partial charge in [0.15, 0.2) is 0 Å². The van der Waals surface area contributed by atoms with Gasteiger partial charge in [0.25, 0.3) is 0 Å². The van der Waals surface area contributed by atoms with Crippen molar-refractivity contribution in [3.8, 4) is 0 Å². The monoisotopic (exact) mass is 311 g/mol. The number of hydrogen-bond acceptors (Lipinski definition) is 0. The van der Waals surface area contributed by atoms with Gasteiger partial charge in [0.1, 0.15) is 24.1 Å². The van der Waals surface area contributed by atoms with Crippen molar-refractivity contribution < 1.29 is 12.4 Å². The average Bonchev–Trinajstić information content (AvgIpc) is 2.50. The molecular weight excluding hydrogens is 290 g/mol. The number of aryl methyl sites for hydroxylation is 2. The van der Waals surface area contributed by atoms with E-state index in [9.17, 15) is 0 Å². The quantitative estimate of drug-likeness (QED) is 0.747. The van der Waals surface area contributed by atoms with Crippen molar-refractivity contribution >= 4 is 11.4 Å². The molecule has 0 saturated heterocycles. The van der Waals surface area contributed by atoms with E-state index in [1.54, 1.807) is 0 Å². The molecule has 0 radical (unpaired) electrons. The molecule has 2 heteroatoms. The molecule has 3 rings (SSSR count). The summed E-state index contributed by atoms with van der Waals surface area (Å²) in [7, 11) is 0. The largest absolute Gasteiger partial charge is 1.00 e. The Bertz CT molecular complexity index is 648. The van der Waals surface area contributed by atoms with Gasteiger partial charge in [-0.1, -0.05) is 35.4 Å². The van der Waals surface area contributed by atoms with Gasteiger partial charge in [0.2, 0.25) is 0 Å². The fourth-order valence-corrected chi connectivity index (χ4v) is 2.82. The summed E-state index contributed by atoms with van der Waals surface area (Å²) >= 11 is 0. The third-order valence-electron chi connectivity index (χ3n) is 4.28. The molecule has 0 unspecified atom stereocenters. The zero-order valence-electron chi connectivity index (χ0n) is 13.4. The predicted molar refractivity (Wildman–Crippen MR) is 91.6 cm³/mol. The van der Waals surface area contributed by atoms with Crippen molar-refractivity contribution in [3.63, 3.8) is 0 Å². The van der Waals surface area contributed by atoms with E-state index in [-0.39, 0.29) is 12.4 Å². The second-order valence-corrected chi connectivity index (χ2v) is 5.99. The van der Waals surface area contributed by atoms with Crippen LogP contribution in [0.5, 0.6) is 0 Å². The molecule has 1 aliphatic heterocycles. The molecule has 0 aromatic heterocycles. The highest BCUT2D eigenvalue weighted by Gasteiger charge is 2.31. The second-order valence-electron chi connectivity index (χ2n) is 5.99. The lowest BCUT2D eigenvalue weighted by Gasteiger charge is -2.35. The number of nitrogens with zero attached hydrogens (tertiary/aromatic N) is 1. The summed E-state index contributed by atoms with van der Waals surface area (Å²) in [6, 6.07) is 17.8. The number of allylic oxidation sites excluding steroid dienone is 2. The number of hydrogen-bond donors (Lipinski definition) is 0. The lowest BCUT2D eigenvalue weighted by atomic mass is 10.1. The number of rotatable bonds is 2. The van der Waals surface area contributed by atoms with Crippen molar-refractivity contribution in [2.24, 2.45) is 0 Å². The Morgan fingerprint density at radius 2 is 1.18 bits per heavy atom. The lowest BCUT2D eigenvalue weighted by Crippen LogP contribution is -3.00. The van der Waals surface area contributed by atoms with E-state index in [2.05, 4.69) is 87.7 Å². The minimum absolute atomic E-state index is 0. The lowest BCUT2D eigenvalue weighted by molar-refractivity contribution is -0.00000435. The van der Waals surface area contributed by atoms with Gasteiger partial charge in [-0.3, -0.25) is 0 Å². The highest BCUT2D eigenvalue weighted by Crippen LogP contribution is 2.37. The maximum atomic E-state index is 2.32. The van der Waals surface area contributed by atoms with Crippen LogP contribution in [0.25, 0.3) is 0 Å². The van der Waals surface area contributed by atoms with Gasteiger partial charge in [0, 0.05) is 24.3 Å². The van der Waals surface area contributed by atoms with Gasteiger partial charge in [0.05, 0.1) is 0 Å². The zero-order valence-corrected chi connectivity index (χ0v) is 14.1. The van der Waals surface area contributed by atoms with E-state index < -0.39 is 0 Å². The molecule has 2 aromatic carbocycles. The summed E-state index contributed by atoms with van der Waals surface area (Å²) in [4.78, 5) is 0. The van der Waals surface area contributed by atoms with Gasteiger partial charge in [-0.25, -0.2) is 4.48 Å². The standard InChI is InChI=1S/C20H22N.ClH/c1-16-4-8-19(9-5-16)21(14-12-18(3)13-15-21)20-10-6-17(2)7-11-20;/h4-14H,15H2,1-3H3;1H/q+1;/p-1. The van der Waals surface area contributed by atoms with Gasteiger partial charge >= 0.3 is 0 Å². The number of halogens is 1. The molecule has 0 bridgehead atoms. The smallest absolute Gasteiger partial charge is 0.142 e. The van der Waals surface area contributed by atoms with Crippen LogP contribution in [-0.2, 0) is 0 Å². The van der Waals surface area contributed by atoms with Crippen molar-refractivity contribution in [2.75, 3.05) is 6.54 Å². The average molecular weight is 312 g/mol. The van der Waals surface area contributed by atoms with Gasteiger partial charge in [-0.05, 0) is 38.5 Å². The molecule has 0 amide bonds. The summed E-state index contributed by atoms with van der Waals surface area (Å²) in [5.74, 6) is 0. The molecule has 0 aliphatic carbocycles. The highest BCUT2D eigenvalue weighted by atomic mass is 35.5. The molecule has 1 heterocycles. The van der Waals surface area contributed by atoms with Gasteiger partial charge in [-0.2, -0.15) is 0 Å². The predicted octanol–water partition coefficient (Wildman–Crippen LogP) is 2.42. The van der Waals surface area contributed by atoms with Crippen LogP contribution in [0.4, 0.5) is 11.4 Å². The van der Waals surface area contributed by atoms with Crippen LogP contribution in [0, 0.1) is 13.8 Å². The molecule has 2 aromatic rings. The van der Waals surface area contributed by atoms with Crippen molar-refractivity contribution in [1.82, 2.24) is 4.48 Å². The molecule has 0 spiro atoms. The molecule has 0 saturated carbocycles. The number of quaternary nitrogens is 1. The van der Waals surface area contributed by atoms with E-state index in [4.69, 9.17) is 0 Å². The first-order valence-corrected chi connectivity index (χ1v) is 7.48. The molecule has 0 fully saturated rings. The number of benzene rings is 2. The Hall–Kier alpha value is -1.83. The van der Waals surface area contributed by atoms with Crippen LogP contribution in [0.3, 0.4) is 0 Å². The summed E-state index contributed by atoms with van der Waals surface area (Å²) < 4.78 is 0.762. The van der Waals surface area contributed by atoms with Crippen LogP contribution >= 0.6 is 0 Å². The normalized spacial score (nSPS) is 15.9. The fourth-order valence-electron chi connectivity index (χ4n) is 2.82. The third kappa shape index (κ3) is 3.01. The Labute approximate surface area is 139 Å². The molecule has 114 valence electrons. The highest BCUT2D eigenvalue weighted by molar-refractivity contribution is 5.63. The maximum absolute atomic E-state index is 2.32. The van der Waals surface area contributed by atoms with Crippen LogP contribution in [0.15, 0.2) is 72.5 Å². The van der Waals surface area contributed by atoms with Crippen molar-refractivity contribution in [2.45, 2.75) is 20.8 Å².